The van der Waals surface area contributed by atoms with Crippen LogP contribution in [0.1, 0.15) is 24.8 Å². The highest BCUT2D eigenvalue weighted by atomic mass is 79.9. The van der Waals surface area contributed by atoms with Gasteiger partial charge < -0.3 is 10.6 Å². The summed E-state index contributed by atoms with van der Waals surface area (Å²) in [7, 11) is 2.08. The Hall–Kier alpha value is -1.03. The Morgan fingerprint density at radius 2 is 2.24 bits per heavy atom. The molecule has 4 heteroatoms. The molecule has 0 atom stereocenters. The zero-order chi connectivity index (χ0) is 12.4. The lowest BCUT2D eigenvalue weighted by Crippen LogP contribution is -2.31. The van der Waals surface area contributed by atoms with Gasteiger partial charge in [-0.1, -0.05) is 22.4 Å². The number of halogens is 1. The molecule has 17 heavy (non-hydrogen) atoms. The average molecular weight is 296 g/mol. The minimum Gasteiger partial charge on any atom is -0.384 e. The van der Waals surface area contributed by atoms with Gasteiger partial charge in [0.05, 0.1) is 0 Å². The molecule has 1 aromatic rings. The normalized spacial score (nSPS) is 15.4. The van der Waals surface area contributed by atoms with Gasteiger partial charge in [0.25, 0.3) is 0 Å². The highest BCUT2D eigenvalue weighted by Crippen LogP contribution is 2.30. The summed E-state index contributed by atoms with van der Waals surface area (Å²) in [6, 6.07) is 5.94. The number of nitrogens with two attached hydrogens (primary N) is 1. The summed E-state index contributed by atoms with van der Waals surface area (Å²) in [6.07, 6.45) is 4.02. The van der Waals surface area contributed by atoms with Gasteiger partial charge in [0.1, 0.15) is 5.84 Å². The van der Waals surface area contributed by atoms with E-state index in [4.69, 9.17) is 11.1 Å². The first-order valence-electron chi connectivity index (χ1n) is 5.93. The monoisotopic (exact) mass is 295 g/mol. The molecule has 0 saturated heterocycles. The average Bonchev–Trinajstić information content (AvgIpc) is 2.23. The van der Waals surface area contributed by atoms with Gasteiger partial charge in [-0.25, -0.2) is 0 Å². The van der Waals surface area contributed by atoms with Crippen molar-refractivity contribution in [2.45, 2.75) is 19.3 Å². The topological polar surface area (TPSA) is 53.1 Å². The quantitative estimate of drug-likeness (QED) is 0.663. The summed E-state index contributed by atoms with van der Waals surface area (Å²) in [5, 5.41) is 7.64. The molecule has 0 unspecified atom stereocenters. The number of hydrogen-bond acceptors (Lipinski definition) is 2. The molecule has 0 amide bonds. The second kappa shape index (κ2) is 5.08. The molecule has 0 bridgehead atoms. The highest BCUT2D eigenvalue weighted by molar-refractivity contribution is 9.10. The van der Waals surface area contributed by atoms with E-state index >= 15 is 0 Å². The Balaban J connectivity index is 2.20. The molecule has 0 aromatic heterocycles. The molecule has 1 aromatic carbocycles. The van der Waals surface area contributed by atoms with Crippen LogP contribution in [0, 0.1) is 11.3 Å². The number of nitrogen functional groups attached to an aromatic ring is 1. The maximum absolute atomic E-state index is 7.64. The molecule has 2 rings (SSSR count). The molecule has 0 spiro atoms. The third kappa shape index (κ3) is 2.80. The van der Waals surface area contributed by atoms with Crippen LogP contribution in [0.5, 0.6) is 0 Å². The smallest absolute Gasteiger partial charge is 0.124 e. The summed E-state index contributed by atoms with van der Waals surface area (Å²) in [6.45, 7) is 1.06. The Kier molecular flexibility index (Phi) is 3.72. The lowest BCUT2D eigenvalue weighted by Gasteiger charge is -2.32. The molecule has 1 saturated carbocycles. The van der Waals surface area contributed by atoms with Gasteiger partial charge in [0.15, 0.2) is 0 Å². The van der Waals surface area contributed by atoms with Crippen molar-refractivity contribution in [1.82, 2.24) is 0 Å². The van der Waals surface area contributed by atoms with E-state index in [9.17, 15) is 0 Å². The van der Waals surface area contributed by atoms with Crippen LogP contribution in [0.15, 0.2) is 22.7 Å². The fraction of sp³-hybridized carbons (Fsp3) is 0.462. The Bertz CT molecular complexity index is 427. The molecular weight excluding hydrogens is 278 g/mol. The van der Waals surface area contributed by atoms with Gasteiger partial charge in [0.2, 0.25) is 0 Å². The summed E-state index contributed by atoms with van der Waals surface area (Å²) >= 11 is 3.42. The van der Waals surface area contributed by atoms with Crippen molar-refractivity contribution in [3.05, 3.63) is 28.2 Å². The molecule has 3 nitrogen and oxygen atoms in total. The Morgan fingerprint density at radius 1 is 1.53 bits per heavy atom. The van der Waals surface area contributed by atoms with Gasteiger partial charge in [-0.15, -0.1) is 0 Å². The maximum atomic E-state index is 7.64. The van der Waals surface area contributed by atoms with Crippen LogP contribution in [0.4, 0.5) is 5.69 Å². The number of amidine groups is 1. The third-order valence-corrected chi connectivity index (χ3v) is 3.91. The number of hydrogen-bond donors (Lipinski definition) is 2. The second-order valence-electron chi connectivity index (χ2n) is 4.75. The van der Waals surface area contributed by atoms with Crippen LogP contribution in [0.2, 0.25) is 0 Å². The summed E-state index contributed by atoms with van der Waals surface area (Å²) < 4.78 is 0.962. The molecular formula is C13H18BrN3. The Morgan fingerprint density at radius 3 is 2.76 bits per heavy atom. The van der Waals surface area contributed by atoms with Crippen LogP contribution in [-0.4, -0.2) is 19.4 Å². The van der Waals surface area contributed by atoms with Gasteiger partial charge in [-0.2, -0.15) is 0 Å². The number of rotatable bonds is 4. The molecule has 1 aliphatic rings. The fourth-order valence-electron chi connectivity index (χ4n) is 2.22. The van der Waals surface area contributed by atoms with Gasteiger partial charge in [-0.3, -0.25) is 5.41 Å². The van der Waals surface area contributed by atoms with Crippen LogP contribution in [-0.2, 0) is 0 Å². The summed E-state index contributed by atoms with van der Waals surface area (Å²) in [5.41, 5.74) is 7.49. The van der Waals surface area contributed by atoms with E-state index in [2.05, 4.69) is 27.9 Å². The molecule has 0 heterocycles. The summed E-state index contributed by atoms with van der Waals surface area (Å²) in [4.78, 5) is 2.22. The van der Waals surface area contributed by atoms with Crippen molar-refractivity contribution in [1.29, 1.82) is 5.41 Å². The van der Waals surface area contributed by atoms with E-state index in [1.165, 1.54) is 19.3 Å². The Labute approximate surface area is 111 Å². The second-order valence-corrected chi connectivity index (χ2v) is 5.67. The SMILES string of the molecule is CN(CC1CCC1)c1ccc(Br)cc1C(=N)N. The van der Waals surface area contributed by atoms with Crippen molar-refractivity contribution < 1.29 is 0 Å². The first kappa shape index (κ1) is 12.4. The van der Waals surface area contributed by atoms with Crippen molar-refractivity contribution in [3.8, 4) is 0 Å². The van der Waals surface area contributed by atoms with Crippen molar-refractivity contribution in [3.63, 3.8) is 0 Å². The van der Waals surface area contributed by atoms with E-state index in [0.29, 0.717) is 0 Å². The van der Waals surface area contributed by atoms with Crippen LogP contribution in [0.3, 0.4) is 0 Å². The van der Waals surface area contributed by atoms with Crippen LogP contribution >= 0.6 is 15.9 Å². The van der Waals surface area contributed by atoms with Gasteiger partial charge in [0, 0.05) is 29.3 Å². The van der Waals surface area contributed by atoms with E-state index in [-0.39, 0.29) is 5.84 Å². The minimum absolute atomic E-state index is 0.127. The third-order valence-electron chi connectivity index (χ3n) is 3.42. The molecule has 1 fully saturated rings. The van der Waals surface area contributed by atoms with E-state index in [1.807, 2.05) is 18.2 Å². The zero-order valence-corrected chi connectivity index (χ0v) is 11.6. The number of nitrogens with one attached hydrogen (secondary N) is 1. The van der Waals surface area contributed by atoms with Gasteiger partial charge >= 0.3 is 0 Å². The summed E-state index contributed by atoms with van der Waals surface area (Å²) in [5.74, 6) is 0.935. The molecule has 3 N–H and O–H groups in total. The largest absolute Gasteiger partial charge is 0.384 e. The standard InChI is InChI=1S/C13H18BrN3/c1-17(8-9-3-2-4-9)12-6-5-10(14)7-11(12)13(15)16/h5-7,9H,2-4,8H2,1H3,(H3,15,16). The van der Waals surface area contributed by atoms with Gasteiger partial charge in [-0.05, 0) is 37.0 Å². The predicted octanol–water partition coefficient (Wildman–Crippen LogP) is 2.97. The minimum atomic E-state index is 0.127. The number of benzene rings is 1. The van der Waals surface area contributed by atoms with E-state index < -0.39 is 0 Å². The fourth-order valence-corrected chi connectivity index (χ4v) is 2.58. The van der Waals surface area contributed by atoms with Crippen molar-refractivity contribution >= 4 is 27.5 Å². The highest BCUT2D eigenvalue weighted by Gasteiger charge is 2.20. The first-order valence-corrected chi connectivity index (χ1v) is 6.72. The van der Waals surface area contributed by atoms with Crippen molar-refractivity contribution in [2.75, 3.05) is 18.5 Å². The molecule has 0 aliphatic heterocycles. The van der Waals surface area contributed by atoms with E-state index in [1.54, 1.807) is 0 Å². The van der Waals surface area contributed by atoms with Crippen molar-refractivity contribution in [2.24, 2.45) is 11.7 Å². The van der Waals surface area contributed by atoms with Crippen LogP contribution < -0.4 is 10.6 Å². The first-order chi connectivity index (χ1) is 8.08. The molecule has 1 aliphatic carbocycles. The molecule has 0 radical (unpaired) electrons. The number of nitrogens with zero attached hydrogens (tertiary/aromatic N) is 1. The zero-order valence-electron chi connectivity index (χ0n) is 10.0. The predicted molar refractivity (Wildman–Crippen MR) is 75.8 cm³/mol. The van der Waals surface area contributed by atoms with Crippen LogP contribution in [0.25, 0.3) is 0 Å². The number of anilines is 1. The molecule has 92 valence electrons. The maximum Gasteiger partial charge on any atom is 0.124 e. The lowest BCUT2D eigenvalue weighted by molar-refractivity contribution is 0.321. The van der Waals surface area contributed by atoms with E-state index in [0.717, 1.165) is 28.2 Å². The lowest BCUT2D eigenvalue weighted by atomic mass is 9.85.